The number of carbonyl (C=O) groups excluding carboxylic acids is 1. The number of carbonyl (C=O) groups is 1. The van der Waals surface area contributed by atoms with Gasteiger partial charge in [0, 0.05) is 17.3 Å². The highest BCUT2D eigenvalue weighted by Crippen LogP contribution is 2.24. The number of ether oxygens (including phenoxy) is 1. The second-order valence-corrected chi connectivity index (χ2v) is 5.94. The van der Waals surface area contributed by atoms with E-state index >= 15 is 0 Å². The van der Waals surface area contributed by atoms with Crippen LogP contribution in [0.4, 0.5) is 0 Å². The topological polar surface area (TPSA) is 60.7 Å². The van der Waals surface area contributed by atoms with Crippen LogP contribution in [0.5, 0.6) is 5.75 Å². The number of ketones is 1. The molecule has 0 radical (unpaired) electrons. The Morgan fingerprint density at radius 3 is 2.79 bits per heavy atom. The van der Waals surface area contributed by atoms with E-state index in [1.807, 2.05) is 13.0 Å². The van der Waals surface area contributed by atoms with Crippen LogP contribution in [0, 0.1) is 6.92 Å². The number of aryl methyl sites for hydroxylation is 1. The van der Waals surface area contributed by atoms with Crippen molar-refractivity contribution in [2.45, 2.75) is 20.5 Å². The number of benzene rings is 1. The van der Waals surface area contributed by atoms with Gasteiger partial charge in [0.05, 0.1) is 11.3 Å². The Balaban J connectivity index is 1.90. The number of fused-ring (bicyclic) bond motifs is 1. The molecule has 5 nitrogen and oxygen atoms in total. The molecule has 3 aromatic rings. The summed E-state index contributed by atoms with van der Waals surface area (Å²) in [5.74, 6) is 0.271. The normalized spacial score (nSPS) is 10.8. The van der Waals surface area contributed by atoms with E-state index in [1.54, 1.807) is 30.5 Å². The molecule has 0 fully saturated rings. The Bertz CT molecular complexity index is 995. The van der Waals surface area contributed by atoms with Crippen molar-refractivity contribution < 1.29 is 9.53 Å². The van der Waals surface area contributed by atoms with E-state index in [0.29, 0.717) is 27.7 Å². The maximum Gasteiger partial charge on any atom is 0.258 e. The Labute approximate surface area is 143 Å². The number of aromatic nitrogens is 2. The van der Waals surface area contributed by atoms with E-state index in [-0.39, 0.29) is 17.9 Å². The fraction of sp³-hybridized carbons (Fsp3) is 0.167. The summed E-state index contributed by atoms with van der Waals surface area (Å²) in [4.78, 5) is 28.3. The molecule has 0 atom stereocenters. The zero-order chi connectivity index (χ0) is 17.3. The summed E-state index contributed by atoms with van der Waals surface area (Å²) in [7, 11) is 0. The Hall–Kier alpha value is -2.66. The van der Waals surface area contributed by atoms with Crippen LogP contribution in [0.3, 0.4) is 0 Å². The average molecular weight is 343 g/mol. The third kappa shape index (κ3) is 3.31. The van der Waals surface area contributed by atoms with Crippen molar-refractivity contribution in [3.8, 4) is 5.75 Å². The summed E-state index contributed by atoms with van der Waals surface area (Å²) in [6.45, 7) is 3.44. The zero-order valence-electron chi connectivity index (χ0n) is 13.2. The van der Waals surface area contributed by atoms with Gasteiger partial charge in [-0.1, -0.05) is 17.7 Å². The fourth-order valence-electron chi connectivity index (χ4n) is 2.39. The van der Waals surface area contributed by atoms with Gasteiger partial charge >= 0.3 is 0 Å². The van der Waals surface area contributed by atoms with Crippen LogP contribution in [-0.2, 0) is 6.61 Å². The molecule has 6 heteroatoms. The molecule has 0 aliphatic carbocycles. The van der Waals surface area contributed by atoms with Crippen molar-refractivity contribution in [3.05, 3.63) is 74.8 Å². The van der Waals surface area contributed by atoms with Gasteiger partial charge in [-0.3, -0.25) is 14.0 Å². The van der Waals surface area contributed by atoms with Crippen LogP contribution in [0.15, 0.2) is 47.4 Å². The smallest absolute Gasteiger partial charge is 0.258 e. The number of hydrogen-bond donors (Lipinski definition) is 0. The van der Waals surface area contributed by atoms with E-state index < -0.39 is 0 Å². The van der Waals surface area contributed by atoms with Gasteiger partial charge in [-0.25, -0.2) is 4.98 Å². The van der Waals surface area contributed by atoms with Gasteiger partial charge in [-0.05, 0) is 43.7 Å². The molecule has 0 N–H and O–H groups in total. The molecule has 0 spiro atoms. The molecule has 0 unspecified atom stereocenters. The minimum Gasteiger partial charge on any atom is -0.487 e. The predicted octanol–water partition coefficient (Wildman–Crippen LogP) is 3.44. The number of Topliss-reactive ketones (excluding diaryl/α,β-unsaturated/α-hetero) is 1. The molecule has 1 aromatic carbocycles. The monoisotopic (exact) mass is 342 g/mol. The van der Waals surface area contributed by atoms with E-state index in [9.17, 15) is 9.59 Å². The van der Waals surface area contributed by atoms with Crippen LogP contribution >= 0.6 is 11.6 Å². The average Bonchev–Trinajstić information content (AvgIpc) is 2.54. The SMILES string of the molecule is CC(=O)c1cc(Cl)ccc1OCc1cc(=O)n2cc(C)ccc2n1. The van der Waals surface area contributed by atoms with E-state index in [0.717, 1.165) is 5.56 Å². The molecule has 3 rings (SSSR count). The van der Waals surface area contributed by atoms with Crippen molar-refractivity contribution >= 4 is 23.0 Å². The van der Waals surface area contributed by atoms with Crippen LogP contribution in [0.25, 0.3) is 5.65 Å². The molecule has 24 heavy (non-hydrogen) atoms. The summed E-state index contributed by atoms with van der Waals surface area (Å²) in [5.41, 5.74) is 2.24. The highest BCUT2D eigenvalue weighted by atomic mass is 35.5. The maximum atomic E-state index is 12.2. The first-order chi connectivity index (χ1) is 11.4. The minimum atomic E-state index is -0.176. The summed E-state index contributed by atoms with van der Waals surface area (Å²) in [6, 6.07) is 9.94. The molecular formula is C18H15ClN2O3. The van der Waals surface area contributed by atoms with E-state index in [1.165, 1.54) is 17.4 Å². The van der Waals surface area contributed by atoms with Crippen molar-refractivity contribution in [3.63, 3.8) is 0 Å². The van der Waals surface area contributed by atoms with E-state index in [4.69, 9.17) is 16.3 Å². The number of pyridine rings is 1. The third-order valence-electron chi connectivity index (χ3n) is 3.56. The van der Waals surface area contributed by atoms with Gasteiger partial charge in [0.2, 0.25) is 0 Å². The van der Waals surface area contributed by atoms with Crippen molar-refractivity contribution in [1.29, 1.82) is 0 Å². The molecule has 0 amide bonds. The van der Waals surface area contributed by atoms with Gasteiger partial charge in [-0.2, -0.15) is 0 Å². The van der Waals surface area contributed by atoms with Crippen molar-refractivity contribution in [1.82, 2.24) is 9.38 Å². The molecule has 2 aromatic heterocycles. The largest absolute Gasteiger partial charge is 0.487 e. The van der Waals surface area contributed by atoms with E-state index in [2.05, 4.69) is 4.98 Å². The van der Waals surface area contributed by atoms with Gasteiger partial charge < -0.3 is 4.74 Å². The highest BCUT2D eigenvalue weighted by Gasteiger charge is 2.10. The highest BCUT2D eigenvalue weighted by molar-refractivity contribution is 6.31. The number of nitrogens with zero attached hydrogens (tertiary/aromatic N) is 2. The first-order valence-electron chi connectivity index (χ1n) is 7.36. The lowest BCUT2D eigenvalue weighted by molar-refractivity contribution is 0.101. The molecule has 0 saturated heterocycles. The van der Waals surface area contributed by atoms with Crippen molar-refractivity contribution in [2.24, 2.45) is 0 Å². The number of hydrogen-bond acceptors (Lipinski definition) is 4. The first-order valence-corrected chi connectivity index (χ1v) is 7.74. The first kappa shape index (κ1) is 16.2. The lowest BCUT2D eigenvalue weighted by Crippen LogP contribution is -2.16. The Morgan fingerprint density at radius 2 is 2.04 bits per heavy atom. The predicted molar refractivity (Wildman–Crippen MR) is 92.0 cm³/mol. The lowest BCUT2D eigenvalue weighted by atomic mass is 10.1. The second-order valence-electron chi connectivity index (χ2n) is 5.51. The number of halogens is 1. The second kappa shape index (κ2) is 6.45. The molecular weight excluding hydrogens is 328 g/mol. The Morgan fingerprint density at radius 1 is 1.25 bits per heavy atom. The summed E-state index contributed by atoms with van der Waals surface area (Å²) in [6.07, 6.45) is 1.74. The van der Waals surface area contributed by atoms with Crippen LogP contribution in [-0.4, -0.2) is 15.2 Å². The summed E-state index contributed by atoms with van der Waals surface area (Å²) >= 11 is 5.91. The molecule has 2 heterocycles. The van der Waals surface area contributed by atoms with Crippen LogP contribution in [0.2, 0.25) is 5.02 Å². The van der Waals surface area contributed by atoms with Gasteiger partial charge in [0.25, 0.3) is 5.56 Å². The van der Waals surface area contributed by atoms with Gasteiger partial charge in [0.15, 0.2) is 5.78 Å². The molecule has 122 valence electrons. The quantitative estimate of drug-likeness (QED) is 0.681. The zero-order valence-corrected chi connectivity index (χ0v) is 14.0. The van der Waals surface area contributed by atoms with Gasteiger partial charge in [-0.15, -0.1) is 0 Å². The minimum absolute atomic E-state index is 0.0849. The van der Waals surface area contributed by atoms with Crippen LogP contribution in [0.1, 0.15) is 28.5 Å². The van der Waals surface area contributed by atoms with Crippen molar-refractivity contribution in [2.75, 3.05) is 0 Å². The molecule has 0 aliphatic rings. The van der Waals surface area contributed by atoms with Gasteiger partial charge in [0.1, 0.15) is 18.0 Å². The maximum absolute atomic E-state index is 12.2. The third-order valence-corrected chi connectivity index (χ3v) is 3.79. The summed E-state index contributed by atoms with van der Waals surface area (Å²) < 4.78 is 7.17. The summed E-state index contributed by atoms with van der Waals surface area (Å²) in [5, 5.41) is 0.463. The Kier molecular flexibility index (Phi) is 4.36. The molecule has 0 bridgehead atoms. The fourth-order valence-corrected chi connectivity index (χ4v) is 2.56. The molecule has 0 aliphatic heterocycles. The lowest BCUT2D eigenvalue weighted by Gasteiger charge is -2.10. The standard InChI is InChI=1S/C18H15ClN2O3/c1-11-3-6-17-20-14(8-18(23)21(17)9-11)10-24-16-5-4-13(19)7-15(16)12(2)22/h3-9H,10H2,1-2H3. The van der Waals surface area contributed by atoms with Crippen LogP contribution < -0.4 is 10.3 Å². The molecule has 0 saturated carbocycles. The number of rotatable bonds is 4.